The van der Waals surface area contributed by atoms with E-state index in [0.717, 1.165) is 18.5 Å². The number of benzene rings is 1. The first-order valence-electron chi connectivity index (χ1n) is 10.0. The molecule has 1 aromatic carbocycles. The maximum atomic E-state index is 12.0. The fraction of sp³-hybridized carbons (Fsp3) is 0.591. The Morgan fingerprint density at radius 2 is 1.43 bits per heavy atom. The number of rotatable bonds is 13. The Labute approximate surface area is 170 Å². The van der Waals surface area contributed by atoms with Crippen LogP contribution in [-0.4, -0.2) is 65.7 Å². The van der Waals surface area contributed by atoms with Crippen molar-refractivity contribution in [2.75, 3.05) is 59.8 Å². The first-order valence-corrected chi connectivity index (χ1v) is 10.0. The number of amides is 1. The van der Waals surface area contributed by atoms with E-state index in [1.165, 1.54) is 0 Å². The van der Waals surface area contributed by atoms with Crippen LogP contribution in [0.5, 0.6) is 0 Å². The number of ether oxygens (including phenoxy) is 3. The molecule has 0 saturated heterocycles. The maximum absolute atomic E-state index is 12.0. The van der Waals surface area contributed by atoms with Gasteiger partial charge in [0.15, 0.2) is 0 Å². The predicted octanol–water partition coefficient (Wildman–Crippen LogP) is 2.47. The monoisotopic (exact) mass is 392 g/mol. The summed E-state index contributed by atoms with van der Waals surface area (Å²) in [6.07, 6.45) is 0.817. The van der Waals surface area contributed by atoms with Crippen molar-refractivity contribution in [1.82, 2.24) is 10.6 Å². The van der Waals surface area contributed by atoms with Gasteiger partial charge < -0.3 is 24.8 Å². The zero-order valence-electron chi connectivity index (χ0n) is 17.8. The first-order chi connectivity index (χ1) is 13.8. The molecule has 6 nitrogen and oxygen atoms in total. The summed E-state index contributed by atoms with van der Waals surface area (Å²) >= 11 is 0. The van der Waals surface area contributed by atoms with E-state index in [2.05, 4.69) is 22.5 Å². The summed E-state index contributed by atoms with van der Waals surface area (Å²) in [6, 6.07) is 7.27. The van der Waals surface area contributed by atoms with Crippen molar-refractivity contribution in [1.29, 1.82) is 0 Å². The minimum atomic E-state index is -0.112. The van der Waals surface area contributed by atoms with Gasteiger partial charge in [0, 0.05) is 30.6 Å². The molecule has 0 aromatic heterocycles. The molecule has 2 N–H and O–H groups in total. The highest BCUT2D eigenvalue weighted by molar-refractivity contribution is 5.94. The van der Waals surface area contributed by atoms with Gasteiger partial charge in [-0.25, -0.2) is 0 Å². The van der Waals surface area contributed by atoms with Gasteiger partial charge in [0.25, 0.3) is 5.91 Å². The van der Waals surface area contributed by atoms with Gasteiger partial charge in [-0.2, -0.15) is 0 Å². The normalized spacial score (nSPS) is 9.71. The van der Waals surface area contributed by atoms with E-state index in [-0.39, 0.29) is 5.91 Å². The lowest BCUT2D eigenvalue weighted by Crippen LogP contribution is -2.27. The van der Waals surface area contributed by atoms with Crippen LogP contribution in [0.2, 0.25) is 0 Å². The first kappa shape index (κ1) is 26.1. The summed E-state index contributed by atoms with van der Waals surface area (Å²) in [5.41, 5.74) is 1.54. The highest BCUT2D eigenvalue weighted by Gasteiger charge is 2.04. The zero-order valence-corrected chi connectivity index (χ0v) is 17.8. The smallest absolute Gasteiger partial charge is 0.251 e. The molecule has 1 amide bonds. The van der Waals surface area contributed by atoms with E-state index >= 15 is 0 Å². The lowest BCUT2D eigenvalue weighted by atomic mass is 10.1. The second-order valence-electron chi connectivity index (χ2n) is 5.43. The molecule has 0 aliphatic carbocycles. The Bertz CT molecular complexity index is 550. The van der Waals surface area contributed by atoms with Crippen LogP contribution in [-0.2, 0) is 14.2 Å². The van der Waals surface area contributed by atoms with Crippen molar-refractivity contribution in [3.8, 4) is 11.8 Å². The Balaban J connectivity index is 0.00000352. The van der Waals surface area contributed by atoms with Gasteiger partial charge in [-0.05, 0) is 31.3 Å². The number of carbonyl (C=O) groups excluding carboxylic acids is 1. The van der Waals surface area contributed by atoms with Crippen LogP contribution < -0.4 is 10.6 Å². The van der Waals surface area contributed by atoms with Crippen LogP contribution in [0.3, 0.4) is 0 Å². The number of hydrogen-bond donors (Lipinski definition) is 2. The Kier molecular flexibility index (Phi) is 18.5. The summed E-state index contributed by atoms with van der Waals surface area (Å²) in [5.74, 6) is 5.92. The van der Waals surface area contributed by atoms with Crippen molar-refractivity contribution in [2.24, 2.45) is 0 Å². The van der Waals surface area contributed by atoms with Crippen LogP contribution in [0, 0.1) is 11.8 Å². The molecule has 0 radical (unpaired) electrons. The van der Waals surface area contributed by atoms with E-state index in [0.29, 0.717) is 51.7 Å². The summed E-state index contributed by atoms with van der Waals surface area (Å²) in [5, 5.41) is 5.83. The van der Waals surface area contributed by atoms with Crippen molar-refractivity contribution in [3.63, 3.8) is 0 Å². The predicted molar refractivity (Wildman–Crippen MR) is 114 cm³/mol. The fourth-order valence-corrected chi connectivity index (χ4v) is 1.95. The molecule has 1 aromatic rings. The van der Waals surface area contributed by atoms with Gasteiger partial charge in [-0.3, -0.25) is 4.79 Å². The number of nitrogens with one attached hydrogen (secondary N) is 2. The van der Waals surface area contributed by atoms with Crippen LogP contribution in [0.25, 0.3) is 0 Å². The molecule has 0 aliphatic rings. The minimum Gasteiger partial charge on any atom is -0.378 e. The third kappa shape index (κ3) is 14.2. The molecule has 0 heterocycles. The molecule has 0 bridgehead atoms. The molecule has 28 heavy (non-hydrogen) atoms. The van der Waals surface area contributed by atoms with E-state index < -0.39 is 0 Å². The fourth-order valence-electron chi connectivity index (χ4n) is 1.95. The molecule has 0 unspecified atom stereocenters. The molecule has 6 heteroatoms. The Morgan fingerprint density at radius 3 is 1.96 bits per heavy atom. The molecule has 0 atom stereocenters. The number of carbonyl (C=O) groups is 1. The highest BCUT2D eigenvalue weighted by Crippen LogP contribution is 2.03. The van der Waals surface area contributed by atoms with E-state index in [1.807, 2.05) is 40.0 Å². The zero-order chi connectivity index (χ0) is 20.9. The topological polar surface area (TPSA) is 68.8 Å². The van der Waals surface area contributed by atoms with Crippen molar-refractivity contribution in [2.45, 2.75) is 27.2 Å². The van der Waals surface area contributed by atoms with Crippen LogP contribution in [0.15, 0.2) is 24.3 Å². The van der Waals surface area contributed by atoms with Crippen LogP contribution in [0.4, 0.5) is 0 Å². The summed E-state index contributed by atoms with van der Waals surface area (Å²) in [4.78, 5) is 12.0. The number of likely N-dealkylation sites (N-methyl/N-ethyl adjacent to an activating group) is 1. The molecule has 1 rings (SSSR count). The molecule has 0 spiro atoms. The van der Waals surface area contributed by atoms with E-state index in [1.54, 1.807) is 12.1 Å². The standard InChI is InChI=1S/C20H30N2O4.C2H6/c1-3-4-5-18-6-8-19(9-7-18)20(23)22-11-13-25-15-17-26-16-14-24-12-10-21-2;1-2/h6-9,21H,3,10-17H2,1-2H3,(H,22,23);1-2H3. The van der Waals surface area contributed by atoms with Gasteiger partial charge >= 0.3 is 0 Å². The summed E-state index contributed by atoms with van der Waals surface area (Å²) in [6.45, 7) is 10.6. The maximum Gasteiger partial charge on any atom is 0.251 e. The summed E-state index contributed by atoms with van der Waals surface area (Å²) < 4.78 is 16.1. The SMILES string of the molecule is CC.CCC#Cc1ccc(C(=O)NCCOCCOCCOCCNC)cc1. The van der Waals surface area contributed by atoms with E-state index in [4.69, 9.17) is 14.2 Å². The molecular weight excluding hydrogens is 356 g/mol. The Morgan fingerprint density at radius 1 is 0.893 bits per heavy atom. The van der Waals surface area contributed by atoms with Gasteiger partial charge in [0.2, 0.25) is 0 Å². The largest absolute Gasteiger partial charge is 0.378 e. The molecule has 0 fully saturated rings. The van der Waals surface area contributed by atoms with Crippen molar-refractivity contribution < 1.29 is 19.0 Å². The van der Waals surface area contributed by atoms with E-state index in [9.17, 15) is 4.79 Å². The van der Waals surface area contributed by atoms with Crippen LogP contribution in [0.1, 0.15) is 43.1 Å². The summed E-state index contributed by atoms with van der Waals surface area (Å²) in [7, 11) is 1.89. The minimum absolute atomic E-state index is 0.112. The Hall–Kier alpha value is -1.91. The third-order valence-electron chi connectivity index (χ3n) is 3.33. The second-order valence-corrected chi connectivity index (χ2v) is 5.43. The second kappa shape index (κ2) is 19.8. The van der Waals surface area contributed by atoms with Crippen LogP contribution >= 0.6 is 0 Å². The van der Waals surface area contributed by atoms with Crippen molar-refractivity contribution in [3.05, 3.63) is 35.4 Å². The molecular formula is C22H36N2O4. The lowest BCUT2D eigenvalue weighted by molar-refractivity contribution is 0.0159. The van der Waals surface area contributed by atoms with Gasteiger partial charge in [-0.1, -0.05) is 32.6 Å². The molecule has 0 aliphatic heterocycles. The highest BCUT2D eigenvalue weighted by atomic mass is 16.5. The van der Waals surface area contributed by atoms with Gasteiger partial charge in [0.1, 0.15) is 0 Å². The quantitative estimate of drug-likeness (QED) is 0.399. The molecule has 158 valence electrons. The van der Waals surface area contributed by atoms with Crippen molar-refractivity contribution >= 4 is 5.91 Å². The average molecular weight is 393 g/mol. The average Bonchev–Trinajstić information content (AvgIpc) is 2.74. The third-order valence-corrected chi connectivity index (χ3v) is 3.33. The lowest BCUT2D eigenvalue weighted by Gasteiger charge is -2.08. The number of hydrogen-bond acceptors (Lipinski definition) is 5. The molecule has 0 saturated carbocycles. The van der Waals surface area contributed by atoms with Gasteiger partial charge in [0.05, 0.1) is 39.6 Å². The van der Waals surface area contributed by atoms with Gasteiger partial charge in [-0.15, -0.1) is 0 Å².